The van der Waals surface area contributed by atoms with Gasteiger partial charge >= 0.3 is 5.69 Å². The molecule has 2 aromatic heterocycles. The van der Waals surface area contributed by atoms with Crippen molar-refractivity contribution < 1.29 is 18.1 Å². The van der Waals surface area contributed by atoms with Gasteiger partial charge in [0.2, 0.25) is 20.7 Å². The van der Waals surface area contributed by atoms with E-state index in [1.807, 2.05) is 0 Å². The van der Waals surface area contributed by atoms with Crippen molar-refractivity contribution in [1.82, 2.24) is 9.97 Å². The molecule has 0 fully saturated rings. The van der Waals surface area contributed by atoms with Crippen molar-refractivity contribution in [3.63, 3.8) is 0 Å². The van der Waals surface area contributed by atoms with Crippen LogP contribution in [0.3, 0.4) is 0 Å². The molecular weight excluding hydrogens is 286 g/mol. The second-order valence-corrected chi connectivity index (χ2v) is 5.49. The molecule has 0 aliphatic rings. The van der Waals surface area contributed by atoms with Crippen molar-refractivity contribution in [2.45, 2.75) is 9.92 Å². The van der Waals surface area contributed by atoms with Gasteiger partial charge in [0.05, 0.1) is 16.9 Å². The molecule has 20 heavy (non-hydrogen) atoms. The number of pyridine rings is 2. The Morgan fingerprint density at radius 2 is 1.85 bits per heavy atom. The first kappa shape index (κ1) is 13.9. The van der Waals surface area contributed by atoms with E-state index in [9.17, 15) is 18.5 Å². The minimum Gasteiger partial charge on any atom is -0.481 e. The Hall–Kier alpha value is -2.55. The molecule has 0 radical (unpaired) electrons. The fraction of sp³-hybridized carbons (Fsp3) is 0.0909. The third-order valence-electron chi connectivity index (χ3n) is 2.44. The molecule has 0 saturated heterocycles. The van der Waals surface area contributed by atoms with Crippen molar-refractivity contribution in [3.8, 4) is 5.88 Å². The second kappa shape index (κ2) is 5.21. The molecule has 0 atom stereocenters. The maximum Gasteiger partial charge on any atom is 0.307 e. The number of nitro groups is 1. The second-order valence-electron chi connectivity index (χ2n) is 3.62. The van der Waals surface area contributed by atoms with Gasteiger partial charge in [0.15, 0.2) is 0 Å². The van der Waals surface area contributed by atoms with Crippen molar-refractivity contribution >= 4 is 15.5 Å². The third-order valence-corrected chi connectivity index (χ3v) is 4.14. The molecule has 2 heterocycles. The van der Waals surface area contributed by atoms with Gasteiger partial charge in [-0.3, -0.25) is 15.1 Å². The lowest BCUT2D eigenvalue weighted by Crippen LogP contribution is -2.09. The average Bonchev–Trinajstić information content (AvgIpc) is 2.47. The number of hydrogen-bond acceptors (Lipinski definition) is 7. The fourth-order valence-corrected chi connectivity index (χ4v) is 2.83. The fourth-order valence-electron chi connectivity index (χ4n) is 1.50. The Morgan fingerprint density at radius 1 is 1.20 bits per heavy atom. The summed E-state index contributed by atoms with van der Waals surface area (Å²) >= 11 is 0. The molecule has 0 amide bonds. The standard InChI is InChI=1S/C11H9N3O5S/c1-19-10-3-2-9(14(15)16)11(13-10)20(17,18)8-4-6-12-7-5-8/h2-7H,1H3. The Labute approximate surface area is 114 Å². The summed E-state index contributed by atoms with van der Waals surface area (Å²) < 4.78 is 29.6. The van der Waals surface area contributed by atoms with Gasteiger partial charge in [0.1, 0.15) is 0 Å². The number of hydrogen-bond donors (Lipinski definition) is 0. The summed E-state index contributed by atoms with van der Waals surface area (Å²) in [5, 5.41) is 10.3. The van der Waals surface area contributed by atoms with Gasteiger partial charge in [-0.25, -0.2) is 8.42 Å². The van der Waals surface area contributed by atoms with Crippen LogP contribution in [0.2, 0.25) is 0 Å². The molecule has 104 valence electrons. The summed E-state index contributed by atoms with van der Waals surface area (Å²) in [5.41, 5.74) is -0.609. The van der Waals surface area contributed by atoms with Gasteiger partial charge in [-0.15, -0.1) is 0 Å². The summed E-state index contributed by atoms with van der Waals surface area (Å²) in [6.45, 7) is 0. The molecule has 0 aliphatic carbocycles. The zero-order valence-electron chi connectivity index (χ0n) is 10.3. The minimum atomic E-state index is -4.12. The highest BCUT2D eigenvalue weighted by Gasteiger charge is 2.30. The van der Waals surface area contributed by atoms with E-state index < -0.39 is 25.5 Å². The van der Waals surface area contributed by atoms with Crippen LogP contribution in [0.25, 0.3) is 0 Å². The maximum atomic E-state index is 12.4. The molecule has 0 saturated carbocycles. The highest BCUT2D eigenvalue weighted by Crippen LogP contribution is 2.29. The molecule has 0 unspecified atom stereocenters. The van der Waals surface area contributed by atoms with E-state index in [1.165, 1.54) is 37.7 Å². The van der Waals surface area contributed by atoms with Crippen molar-refractivity contribution in [2.75, 3.05) is 7.11 Å². The van der Waals surface area contributed by atoms with Crippen LogP contribution in [-0.4, -0.2) is 30.4 Å². The summed E-state index contributed by atoms with van der Waals surface area (Å²) in [5.74, 6) is -0.0248. The zero-order chi connectivity index (χ0) is 14.8. The van der Waals surface area contributed by atoms with Gasteiger partial charge in [-0.05, 0) is 12.1 Å². The Kier molecular flexibility index (Phi) is 3.61. The van der Waals surface area contributed by atoms with Crippen molar-refractivity contribution in [1.29, 1.82) is 0 Å². The van der Waals surface area contributed by atoms with Crippen LogP contribution in [0.15, 0.2) is 46.6 Å². The highest BCUT2D eigenvalue weighted by atomic mass is 32.2. The lowest BCUT2D eigenvalue weighted by molar-refractivity contribution is -0.388. The number of nitrogens with zero attached hydrogens (tertiary/aromatic N) is 3. The van der Waals surface area contributed by atoms with Crippen LogP contribution in [-0.2, 0) is 9.84 Å². The van der Waals surface area contributed by atoms with Crippen LogP contribution in [0.4, 0.5) is 5.69 Å². The topological polar surface area (TPSA) is 112 Å². The number of rotatable bonds is 4. The Bertz CT molecular complexity index is 746. The largest absolute Gasteiger partial charge is 0.481 e. The SMILES string of the molecule is COc1ccc([N+](=O)[O-])c(S(=O)(=O)c2ccncc2)n1. The van der Waals surface area contributed by atoms with Crippen LogP contribution in [0, 0.1) is 10.1 Å². The van der Waals surface area contributed by atoms with Gasteiger partial charge in [-0.2, -0.15) is 4.98 Å². The Morgan fingerprint density at radius 3 is 2.40 bits per heavy atom. The normalized spacial score (nSPS) is 11.1. The molecule has 0 N–H and O–H groups in total. The van der Waals surface area contributed by atoms with E-state index in [4.69, 9.17) is 4.74 Å². The molecule has 9 heteroatoms. The van der Waals surface area contributed by atoms with Crippen LogP contribution >= 0.6 is 0 Å². The van der Waals surface area contributed by atoms with Gasteiger partial charge in [-0.1, -0.05) is 0 Å². The zero-order valence-corrected chi connectivity index (χ0v) is 11.1. The molecule has 2 aromatic rings. The number of ether oxygens (including phenoxy) is 1. The predicted octanol–water partition coefficient (Wildman–Crippen LogP) is 1.23. The van der Waals surface area contributed by atoms with Gasteiger partial charge < -0.3 is 4.74 Å². The first-order chi connectivity index (χ1) is 9.46. The quantitative estimate of drug-likeness (QED) is 0.615. The molecule has 0 bridgehead atoms. The van der Waals surface area contributed by atoms with Crippen LogP contribution in [0.1, 0.15) is 0 Å². The predicted molar refractivity (Wildman–Crippen MR) is 67.1 cm³/mol. The van der Waals surface area contributed by atoms with Gasteiger partial charge in [0, 0.05) is 24.5 Å². The summed E-state index contributed by atoms with van der Waals surface area (Å²) in [4.78, 5) is 17.4. The third kappa shape index (κ3) is 2.43. The molecule has 0 spiro atoms. The number of sulfone groups is 1. The molecule has 2 rings (SSSR count). The number of methoxy groups -OCH3 is 1. The van der Waals surface area contributed by atoms with E-state index in [2.05, 4.69) is 9.97 Å². The first-order valence-corrected chi connectivity index (χ1v) is 6.79. The highest BCUT2D eigenvalue weighted by molar-refractivity contribution is 7.91. The molecule has 8 nitrogen and oxygen atoms in total. The lowest BCUT2D eigenvalue weighted by Gasteiger charge is -2.06. The summed E-state index contributed by atoms with van der Waals surface area (Å²) in [7, 11) is -2.83. The monoisotopic (exact) mass is 295 g/mol. The summed E-state index contributed by atoms with van der Waals surface area (Å²) in [6.07, 6.45) is 2.55. The minimum absolute atomic E-state index is 0.0248. The number of aromatic nitrogens is 2. The van der Waals surface area contributed by atoms with E-state index in [1.54, 1.807) is 0 Å². The molecule has 0 aliphatic heterocycles. The van der Waals surface area contributed by atoms with E-state index in [0.717, 1.165) is 6.07 Å². The van der Waals surface area contributed by atoms with Crippen LogP contribution in [0.5, 0.6) is 5.88 Å². The Balaban J connectivity index is 2.70. The first-order valence-electron chi connectivity index (χ1n) is 5.31. The smallest absolute Gasteiger partial charge is 0.307 e. The van der Waals surface area contributed by atoms with E-state index in [-0.39, 0.29) is 10.8 Å². The van der Waals surface area contributed by atoms with E-state index >= 15 is 0 Å². The lowest BCUT2D eigenvalue weighted by atomic mass is 10.4. The molecule has 0 aromatic carbocycles. The van der Waals surface area contributed by atoms with Crippen LogP contribution < -0.4 is 4.74 Å². The van der Waals surface area contributed by atoms with Crippen molar-refractivity contribution in [2.24, 2.45) is 0 Å². The average molecular weight is 295 g/mol. The van der Waals surface area contributed by atoms with Gasteiger partial charge in [0.25, 0.3) is 0 Å². The summed E-state index contributed by atoms with van der Waals surface area (Å²) in [6, 6.07) is 4.74. The van der Waals surface area contributed by atoms with E-state index in [0.29, 0.717) is 0 Å². The van der Waals surface area contributed by atoms with Crippen molar-refractivity contribution in [3.05, 3.63) is 46.8 Å². The molecular formula is C11H9N3O5S. The maximum absolute atomic E-state index is 12.4.